The van der Waals surface area contributed by atoms with Gasteiger partial charge in [0.2, 0.25) is 0 Å². The first kappa shape index (κ1) is 18.3. The smallest absolute Gasteiger partial charge is 0.410 e. The highest BCUT2D eigenvalue weighted by Gasteiger charge is 2.36. The van der Waals surface area contributed by atoms with Crippen molar-refractivity contribution in [3.8, 4) is 0 Å². The first-order chi connectivity index (χ1) is 11.4. The van der Waals surface area contributed by atoms with E-state index in [0.717, 1.165) is 5.56 Å². The predicted octanol–water partition coefficient (Wildman–Crippen LogP) is 2.44. The zero-order valence-corrected chi connectivity index (χ0v) is 14.5. The molecule has 1 aromatic rings. The normalized spacial score (nSPS) is 21.1. The van der Waals surface area contributed by atoms with E-state index in [1.54, 1.807) is 0 Å². The minimum Gasteiger partial charge on any atom is -0.481 e. The molecule has 1 aromatic carbocycles. The molecule has 0 aliphatic carbocycles. The van der Waals surface area contributed by atoms with Crippen LogP contribution in [0, 0.1) is 5.92 Å². The lowest BCUT2D eigenvalue weighted by Crippen LogP contribution is -2.54. The van der Waals surface area contributed by atoms with Crippen LogP contribution in [-0.2, 0) is 16.1 Å². The van der Waals surface area contributed by atoms with Crippen molar-refractivity contribution in [3.05, 3.63) is 35.9 Å². The van der Waals surface area contributed by atoms with Crippen molar-refractivity contribution in [2.75, 3.05) is 20.1 Å². The number of likely N-dealkylation sites (N-methyl/N-ethyl adjacent to an activating group) is 1. The fraction of sp³-hybridized carbons (Fsp3) is 0.556. The molecular weight excluding hydrogens is 308 g/mol. The summed E-state index contributed by atoms with van der Waals surface area (Å²) in [5.74, 6) is -1.42. The van der Waals surface area contributed by atoms with Crippen LogP contribution in [0.15, 0.2) is 30.3 Å². The lowest BCUT2D eigenvalue weighted by atomic mass is 9.93. The summed E-state index contributed by atoms with van der Waals surface area (Å²) in [5, 5.41) is 9.39. The fourth-order valence-electron chi connectivity index (χ4n) is 2.93. The minimum absolute atomic E-state index is 0.0177. The molecule has 1 N–H and O–H groups in total. The summed E-state index contributed by atoms with van der Waals surface area (Å²) >= 11 is 0. The molecule has 1 amide bonds. The van der Waals surface area contributed by atoms with Gasteiger partial charge in [0.1, 0.15) is 6.61 Å². The molecule has 1 fully saturated rings. The summed E-state index contributed by atoms with van der Waals surface area (Å²) in [4.78, 5) is 27.5. The van der Waals surface area contributed by atoms with Gasteiger partial charge >= 0.3 is 12.1 Å². The number of ether oxygens (including phenoxy) is 1. The Kier molecular flexibility index (Phi) is 6.20. The third-order valence-electron chi connectivity index (χ3n) is 4.63. The number of rotatable bonds is 5. The maximum Gasteiger partial charge on any atom is 0.410 e. The van der Waals surface area contributed by atoms with Crippen LogP contribution in [0.1, 0.15) is 25.8 Å². The van der Waals surface area contributed by atoms with Crippen LogP contribution in [0.25, 0.3) is 0 Å². The van der Waals surface area contributed by atoms with Crippen LogP contribution in [0.2, 0.25) is 0 Å². The maximum atomic E-state index is 12.4. The Morgan fingerprint density at radius 2 is 1.96 bits per heavy atom. The Bertz CT molecular complexity index is 561. The number of hydrogen-bond acceptors (Lipinski definition) is 4. The first-order valence-corrected chi connectivity index (χ1v) is 8.28. The molecule has 0 saturated carbocycles. The molecule has 132 valence electrons. The second-order valence-corrected chi connectivity index (χ2v) is 6.63. The number of carboxylic acid groups (broad SMARTS) is 1. The highest BCUT2D eigenvalue weighted by Crippen LogP contribution is 2.23. The van der Waals surface area contributed by atoms with Crippen molar-refractivity contribution >= 4 is 12.1 Å². The third kappa shape index (κ3) is 4.71. The lowest BCUT2D eigenvalue weighted by Gasteiger charge is -2.41. The van der Waals surface area contributed by atoms with Crippen LogP contribution in [0.4, 0.5) is 4.79 Å². The van der Waals surface area contributed by atoms with Crippen LogP contribution in [0.3, 0.4) is 0 Å². The lowest BCUT2D eigenvalue weighted by molar-refractivity contribution is -0.144. The SMILES string of the molecule is CC(C)N(C)[C@@H]1C[C@H](C(=O)O)CN(C(=O)OCc2ccccc2)C1. The van der Waals surface area contributed by atoms with Gasteiger partial charge in [-0.25, -0.2) is 4.79 Å². The summed E-state index contributed by atoms with van der Waals surface area (Å²) in [5.41, 5.74) is 0.911. The van der Waals surface area contributed by atoms with Gasteiger partial charge in [-0.3, -0.25) is 9.69 Å². The van der Waals surface area contributed by atoms with E-state index >= 15 is 0 Å². The van der Waals surface area contributed by atoms with E-state index in [9.17, 15) is 14.7 Å². The monoisotopic (exact) mass is 334 g/mol. The Morgan fingerprint density at radius 3 is 2.54 bits per heavy atom. The van der Waals surface area contributed by atoms with E-state index in [1.807, 2.05) is 37.4 Å². The highest BCUT2D eigenvalue weighted by atomic mass is 16.6. The average Bonchev–Trinajstić information content (AvgIpc) is 2.59. The molecule has 0 radical (unpaired) electrons. The van der Waals surface area contributed by atoms with E-state index in [0.29, 0.717) is 13.0 Å². The predicted molar refractivity (Wildman–Crippen MR) is 90.6 cm³/mol. The number of aliphatic carboxylic acids is 1. The molecule has 0 unspecified atom stereocenters. The van der Waals surface area contributed by atoms with Crippen LogP contribution >= 0.6 is 0 Å². The average molecular weight is 334 g/mol. The van der Waals surface area contributed by atoms with Gasteiger partial charge in [-0.2, -0.15) is 0 Å². The fourth-order valence-corrected chi connectivity index (χ4v) is 2.93. The van der Waals surface area contributed by atoms with Crippen LogP contribution in [0.5, 0.6) is 0 Å². The molecule has 0 bridgehead atoms. The quantitative estimate of drug-likeness (QED) is 0.895. The van der Waals surface area contributed by atoms with Crippen LogP contribution < -0.4 is 0 Å². The van der Waals surface area contributed by atoms with Gasteiger partial charge in [0, 0.05) is 25.2 Å². The largest absolute Gasteiger partial charge is 0.481 e. The van der Waals surface area contributed by atoms with Gasteiger partial charge in [0.15, 0.2) is 0 Å². The van der Waals surface area contributed by atoms with E-state index in [2.05, 4.69) is 18.7 Å². The van der Waals surface area contributed by atoms with Gasteiger partial charge < -0.3 is 14.7 Å². The van der Waals surface area contributed by atoms with E-state index in [1.165, 1.54) is 4.90 Å². The summed E-state index contributed by atoms with van der Waals surface area (Å²) in [7, 11) is 1.97. The number of piperidine rings is 1. The number of hydrogen-bond donors (Lipinski definition) is 1. The number of benzene rings is 1. The molecule has 0 spiro atoms. The van der Waals surface area contributed by atoms with Gasteiger partial charge in [-0.15, -0.1) is 0 Å². The zero-order valence-electron chi connectivity index (χ0n) is 14.5. The highest BCUT2D eigenvalue weighted by molar-refractivity contribution is 5.73. The molecule has 0 aromatic heterocycles. The maximum absolute atomic E-state index is 12.4. The summed E-state index contributed by atoms with van der Waals surface area (Å²) in [6.45, 7) is 5.00. The second-order valence-electron chi connectivity index (χ2n) is 6.63. The van der Waals surface area contributed by atoms with Crippen LogP contribution in [-0.4, -0.2) is 59.2 Å². The Hall–Kier alpha value is -2.08. The molecule has 1 heterocycles. The Balaban J connectivity index is 2.00. The summed E-state index contributed by atoms with van der Waals surface area (Å²) in [6.07, 6.45) is 0.0962. The topological polar surface area (TPSA) is 70.1 Å². The van der Waals surface area contributed by atoms with Crippen molar-refractivity contribution in [2.45, 2.75) is 39.0 Å². The Morgan fingerprint density at radius 1 is 1.29 bits per heavy atom. The van der Waals surface area contributed by atoms with Crippen molar-refractivity contribution in [2.24, 2.45) is 5.92 Å². The number of amides is 1. The van der Waals surface area contributed by atoms with E-state index < -0.39 is 18.0 Å². The number of likely N-dealkylation sites (tertiary alicyclic amines) is 1. The van der Waals surface area contributed by atoms with Gasteiger partial charge in [-0.1, -0.05) is 30.3 Å². The van der Waals surface area contributed by atoms with Crippen molar-refractivity contribution in [1.82, 2.24) is 9.80 Å². The second kappa shape index (κ2) is 8.15. The van der Waals surface area contributed by atoms with E-state index in [-0.39, 0.29) is 25.2 Å². The van der Waals surface area contributed by atoms with Crippen molar-refractivity contribution < 1.29 is 19.4 Å². The number of nitrogens with zero attached hydrogens (tertiary/aromatic N) is 2. The van der Waals surface area contributed by atoms with Gasteiger partial charge in [0.05, 0.1) is 5.92 Å². The number of carbonyl (C=O) groups is 2. The van der Waals surface area contributed by atoms with Crippen molar-refractivity contribution in [3.63, 3.8) is 0 Å². The van der Waals surface area contributed by atoms with Gasteiger partial charge in [0.25, 0.3) is 0 Å². The first-order valence-electron chi connectivity index (χ1n) is 8.28. The van der Waals surface area contributed by atoms with Gasteiger partial charge in [-0.05, 0) is 32.9 Å². The molecule has 6 heteroatoms. The molecule has 24 heavy (non-hydrogen) atoms. The molecule has 1 saturated heterocycles. The molecular formula is C18H26N2O4. The summed E-state index contributed by atoms with van der Waals surface area (Å²) in [6, 6.07) is 9.75. The van der Waals surface area contributed by atoms with E-state index in [4.69, 9.17) is 4.74 Å². The molecule has 1 aliphatic heterocycles. The molecule has 6 nitrogen and oxygen atoms in total. The van der Waals surface area contributed by atoms with Crippen molar-refractivity contribution in [1.29, 1.82) is 0 Å². The Labute approximate surface area is 143 Å². The molecule has 1 aliphatic rings. The molecule has 2 atom stereocenters. The summed E-state index contributed by atoms with van der Waals surface area (Å²) < 4.78 is 5.36. The minimum atomic E-state index is -0.863. The standard InChI is InChI=1S/C18H26N2O4/c1-13(2)19(3)16-9-15(17(21)22)10-20(11-16)18(23)24-12-14-7-5-4-6-8-14/h4-8,13,15-16H,9-12H2,1-3H3,(H,21,22)/t15-,16+/m0/s1. The zero-order chi connectivity index (χ0) is 17.7. The molecule has 2 rings (SSSR count). The number of carboxylic acids is 1. The number of carbonyl (C=O) groups excluding carboxylic acids is 1. The third-order valence-corrected chi connectivity index (χ3v) is 4.63.